The predicted octanol–water partition coefficient (Wildman–Crippen LogP) is 3.27. The van der Waals surface area contributed by atoms with E-state index in [1.807, 2.05) is 20.8 Å². The first-order valence-corrected chi connectivity index (χ1v) is 8.00. The molecule has 0 spiro atoms. The molecule has 0 aliphatic carbocycles. The number of nitrogens with zero attached hydrogens (tertiary/aromatic N) is 1. The van der Waals surface area contributed by atoms with Gasteiger partial charge in [0.05, 0.1) is 12.5 Å². The van der Waals surface area contributed by atoms with Gasteiger partial charge in [0, 0.05) is 13.1 Å². The number of hydrogen-bond acceptors (Lipinski definition) is 4. The standard InChI is InChI=1S/C18H24FNO4/c1-17(2,3)24-16(22)20-11-9-18(10-12-20,15(21)23-4)13-5-7-14(19)8-6-13/h5-8H,9-12H2,1-4H3. The summed E-state index contributed by atoms with van der Waals surface area (Å²) in [5, 5.41) is 0. The summed E-state index contributed by atoms with van der Waals surface area (Å²) in [4.78, 5) is 26.2. The second-order valence-corrected chi connectivity index (χ2v) is 7.05. The van der Waals surface area contributed by atoms with Crippen LogP contribution in [-0.4, -0.2) is 42.8 Å². The van der Waals surface area contributed by atoms with E-state index in [0.29, 0.717) is 31.5 Å². The Kier molecular flexibility index (Phi) is 5.16. The van der Waals surface area contributed by atoms with E-state index in [9.17, 15) is 14.0 Å². The maximum atomic E-state index is 13.2. The van der Waals surface area contributed by atoms with E-state index in [-0.39, 0.29) is 17.9 Å². The van der Waals surface area contributed by atoms with Crippen LogP contribution in [0.3, 0.4) is 0 Å². The molecule has 132 valence electrons. The summed E-state index contributed by atoms with van der Waals surface area (Å²) in [6, 6.07) is 5.88. The highest BCUT2D eigenvalue weighted by atomic mass is 19.1. The number of methoxy groups -OCH3 is 1. The van der Waals surface area contributed by atoms with Crippen LogP contribution >= 0.6 is 0 Å². The number of halogens is 1. The molecular formula is C18H24FNO4. The van der Waals surface area contributed by atoms with Crippen LogP contribution in [0.2, 0.25) is 0 Å². The van der Waals surface area contributed by atoms with Crippen molar-refractivity contribution in [2.24, 2.45) is 0 Å². The normalized spacial score (nSPS) is 17.3. The van der Waals surface area contributed by atoms with E-state index < -0.39 is 11.0 Å². The van der Waals surface area contributed by atoms with Crippen LogP contribution in [0, 0.1) is 5.82 Å². The van der Waals surface area contributed by atoms with E-state index in [1.54, 1.807) is 17.0 Å². The molecule has 0 aromatic heterocycles. The molecule has 1 aliphatic heterocycles. The SMILES string of the molecule is COC(=O)C1(c2ccc(F)cc2)CCN(C(=O)OC(C)(C)C)CC1. The first-order valence-electron chi connectivity index (χ1n) is 8.00. The largest absolute Gasteiger partial charge is 0.468 e. The predicted molar refractivity (Wildman–Crippen MR) is 87.1 cm³/mol. The quantitative estimate of drug-likeness (QED) is 0.777. The molecule has 1 aromatic carbocycles. The molecule has 0 unspecified atom stereocenters. The topological polar surface area (TPSA) is 55.8 Å². The lowest BCUT2D eigenvalue weighted by Gasteiger charge is -2.40. The van der Waals surface area contributed by atoms with Gasteiger partial charge in [-0.2, -0.15) is 0 Å². The van der Waals surface area contributed by atoms with Crippen molar-refractivity contribution < 1.29 is 23.5 Å². The smallest absolute Gasteiger partial charge is 0.410 e. The number of amides is 1. The number of benzene rings is 1. The third-order valence-electron chi connectivity index (χ3n) is 4.24. The molecule has 1 amide bonds. The second-order valence-electron chi connectivity index (χ2n) is 7.05. The molecule has 1 saturated heterocycles. The molecule has 1 heterocycles. The third kappa shape index (κ3) is 3.86. The molecule has 1 aliphatic rings. The number of hydrogen-bond donors (Lipinski definition) is 0. The van der Waals surface area contributed by atoms with Crippen LogP contribution in [0.1, 0.15) is 39.2 Å². The van der Waals surface area contributed by atoms with Crippen LogP contribution in [0.5, 0.6) is 0 Å². The molecule has 0 saturated carbocycles. The minimum absolute atomic E-state index is 0.357. The average Bonchev–Trinajstić information content (AvgIpc) is 2.53. The van der Waals surface area contributed by atoms with E-state index in [1.165, 1.54) is 19.2 Å². The Hall–Kier alpha value is -2.11. The monoisotopic (exact) mass is 337 g/mol. The number of ether oxygens (including phenoxy) is 2. The molecule has 0 N–H and O–H groups in total. The number of carbonyl (C=O) groups is 2. The highest BCUT2D eigenvalue weighted by molar-refractivity contribution is 5.83. The maximum absolute atomic E-state index is 13.2. The third-order valence-corrected chi connectivity index (χ3v) is 4.24. The van der Waals surface area contributed by atoms with Gasteiger partial charge < -0.3 is 14.4 Å². The number of esters is 1. The highest BCUT2D eigenvalue weighted by Gasteiger charge is 2.45. The highest BCUT2D eigenvalue weighted by Crippen LogP contribution is 2.37. The van der Waals surface area contributed by atoms with Crippen LogP contribution < -0.4 is 0 Å². The molecule has 0 radical (unpaired) electrons. The van der Waals surface area contributed by atoms with Crippen molar-refractivity contribution in [3.63, 3.8) is 0 Å². The molecule has 6 heteroatoms. The fourth-order valence-corrected chi connectivity index (χ4v) is 2.97. The van der Waals surface area contributed by atoms with Crippen molar-refractivity contribution in [1.29, 1.82) is 0 Å². The van der Waals surface area contributed by atoms with Gasteiger partial charge in [-0.25, -0.2) is 9.18 Å². The Morgan fingerprint density at radius 2 is 1.67 bits per heavy atom. The van der Waals surface area contributed by atoms with E-state index in [4.69, 9.17) is 9.47 Å². The van der Waals surface area contributed by atoms with Gasteiger partial charge >= 0.3 is 12.1 Å². The van der Waals surface area contributed by atoms with Crippen LogP contribution in [-0.2, 0) is 19.7 Å². The zero-order chi connectivity index (χ0) is 18.0. The number of piperidine rings is 1. The lowest BCUT2D eigenvalue weighted by atomic mass is 9.73. The van der Waals surface area contributed by atoms with E-state index in [0.717, 1.165) is 0 Å². The summed E-state index contributed by atoms with van der Waals surface area (Å²) in [6.45, 7) is 6.19. The van der Waals surface area contributed by atoms with Crippen molar-refractivity contribution in [1.82, 2.24) is 4.90 Å². The zero-order valence-electron chi connectivity index (χ0n) is 14.6. The van der Waals surface area contributed by atoms with Gasteiger partial charge in [0.25, 0.3) is 0 Å². The summed E-state index contributed by atoms with van der Waals surface area (Å²) in [6.07, 6.45) is 0.426. The molecule has 2 rings (SSSR count). The minimum atomic E-state index is -0.860. The van der Waals surface area contributed by atoms with Crippen LogP contribution in [0.15, 0.2) is 24.3 Å². The Labute approximate surface area is 141 Å². The molecule has 0 atom stereocenters. The number of rotatable bonds is 2. The van der Waals surface area contributed by atoms with Gasteiger partial charge in [0.15, 0.2) is 0 Å². The molecular weight excluding hydrogens is 313 g/mol. The van der Waals surface area contributed by atoms with Gasteiger partial charge in [-0.15, -0.1) is 0 Å². The molecule has 5 nitrogen and oxygen atoms in total. The van der Waals surface area contributed by atoms with Crippen molar-refractivity contribution in [2.45, 2.75) is 44.6 Å². The Balaban J connectivity index is 2.18. The number of likely N-dealkylation sites (tertiary alicyclic amines) is 1. The Morgan fingerprint density at radius 3 is 2.12 bits per heavy atom. The van der Waals surface area contributed by atoms with Crippen LogP contribution in [0.25, 0.3) is 0 Å². The Bertz CT molecular complexity index is 598. The summed E-state index contributed by atoms with van der Waals surface area (Å²) >= 11 is 0. The van der Waals surface area contributed by atoms with Crippen molar-refractivity contribution >= 4 is 12.1 Å². The summed E-state index contributed by atoms with van der Waals surface area (Å²) in [5.41, 5.74) is -0.717. The molecule has 1 aromatic rings. The lowest BCUT2D eigenvalue weighted by Crippen LogP contribution is -2.50. The first kappa shape index (κ1) is 18.2. The molecule has 24 heavy (non-hydrogen) atoms. The van der Waals surface area contributed by atoms with Gasteiger partial charge in [-0.1, -0.05) is 12.1 Å². The first-order chi connectivity index (χ1) is 11.2. The summed E-state index contributed by atoms with van der Waals surface area (Å²) in [7, 11) is 1.34. The van der Waals surface area contributed by atoms with Gasteiger partial charge in [0.1, 0.15) is 11.4 Å². The average molecular weight is 337 g/mol. The second kappa shape index (κ2) is 6.79. The van der Waals surface area contributed by atoms with Gasteiger partial charge in [-0.05, 0) is 51.3 Å². The van der Waals surface area contributed by atoms with Crippen molar-refractivity contribution in [3.05, 3.63) is 35.6 Å². The Morgan fingerprint density at radius 1 is 1.12 bits per heavy atom. The van der Waals surface area contributed by atoms with E-state index >= 15 is 0 Å². The van der Waals surface area contributed by atoms with Gasteiger partial charge in [-0.3, -0.25) is 4.79 Å². The van der Waals surface area contributed by atoms with Crippen LogP contribution in [0.4, 0.5) is 9.18 Å². The van der Waals surface area contributed by atoms with Gasteiger partial charge in [0.2, 0.25) is 0 Å². The number of carbonyl (C=O) groups excluding carboxylic acids is 2. The van der Waals surface area contributed by atoms with Crippen molar-refractivity contribution in [2.75, 3.05) is 20.2 Å². The van der Waals surface area contributed by atoms with E-state index in [2.05, 4.69) is 0 Å². The minimum Gasteiger partial charge on any atom is -0.468 e. The van der Waals surface area contributed by atoms with Crippen molar-refractivity contribution in [3.8, 4) is 0 Å². The summed E-state index contributed by atoms with van der Waals surface area (Å²) < 4.78 is 23.6. The zero-order valence-corrected chi connectivity index (χ0v) is 14.6. The summed E-state index contributed by atoms with van der Waals surface area (Å²) in [5.74, 6) is -0.720. The molecule has 1 fully saturated rings. The fourth-order valence-electron chi connectivity index (χ4n) is 2.97. The lowest BCUT2D eigenvalue weighted by molar-refractivity contribution is -0.149. The molecule has 0 bridgehead atoms. The fraction of sp³-hybridized carbons (Fsp3) is 0.556. The maximum Gasteiger partial charge on any atom is 0.410 e.